The minimum atomic E-state index is 0.434. The molecule has 0 spiro atoms. The molecule has 0 aliphatic carbocycles. The first-order valence-electron chi connectivity index (χ1n) is 6.39. The van der Waals surface area contributed by atoms with Crippen LogP contribution in [0.3, 0.4) is 0 Å². The lowest BCUT2D eigenvalue weighted by Crippen LogP contribution is -2.09. The molecule has 0 bridgehead atoms. The quantitative estimate of drug-likeness (QED) is 0.686. The van der Waals surface area contributed by atoms with Crippen LogP contribution in [-0.2, 0) is 11.3 Å². The Balaban J connectivity index is 2.37. The first-order chi connectivity index (χ1) is 8.81. The molecule has 0 heterocycles. The molecule has 0 saturated carbocycles. The van der Waals surface area contributed by atoms with Crippen LogP contribution in [0.4, 0.5) is 0 Å². The molecule has 4 nitrogen and oxygen atoms in total. The Kier molecular flexibility index (Phi) is 7.22. The van der Waals surface area contributed by atoms with Crippen molar-refractivity contribution < 1.29 is 14.2 Å². The van der Waals surface area contributed by atoms with Gasteiger partial charge in [-0.2, -0.15) is 0 Å². The molecule has 0 unspecified atom stereocenters. The number of nitrogens with two attached hydrogens (primary N) is 1. The van der Waals surface area contributed by atoms with Crippen molar-refractivity contribution in [2.45, 2.75) is 26.3 Å². The zero-order valence-electron chi connectivity index (χ0n) is 11.3. The number of hydrogen-bond donors (Lipinski definition) is 1. The van der Waals surface area contributed by atoms with Crippen molar-refractivity contribution in [3.63, 3.8) is 0 Å². The lowest BCUT2D eigenvalue weighted by atomic mass is 10.2. The van der Waals surface area contributed by atoms with E-state index in [1.54, 1.807) is 7.11 Å². The Bertz CT molecular complexity index is 342. The highest BCUT2D eigenvalue weighted by atomic mass is 16.5. The highest BCUT2D eigenvalue weighted by Gasteiger charge is 2.04. The van der Waals surface area contributed by atoms with E-state index in [-0.39, 0.29) is 0 Å². The van der Waals surface area contributed by atoms with Crippen LogP contribution in [0.15, 0.2) is 18.2 Å². The summed E-state index contributed by atoms with van der Waals surface area (Å²) in [6.07, 6.45) is 2.24. The molecule has 0 aliphatic rings. The third kappa shape index (κ3) is 4.94. The van der Waals surface area contributed by atoms with E-state index in [9.17, 15) is 0 Å². The van der Waals surface area contributed by atoms with Gasteiger partial charge in [-0.05, 0) is 24.6 Å². The van der Waals surface area contributed by atoms with Crippen molar-refractivity contribution in [2.75, 3.05) is 26.9 Å². The fraction of sp³-hybridized carbons (Fsp3) is 0.571. The first-order valence-corrected chi connectivity index (χ1v) is 6.39. The highest BCUT2D eigenvalue weighted by Crippen LogP contribution is 2.23. The van der Waals surface area contributed by atoms with Gasteiger partial charge >= 0.3 is 0 Å². The molecule has 0 saturated heterocycles. The van der Waals surface area contributed by atoms with Crippen LogP contribution < -0.4 is 15.2 Å². The van der Waals surface area contributed by atoms with Gasteiger partial charge in [0, 0.05) is 18.7 Å². The number of benzene rings is 1. The summed E-state index contributed by atoms with van der Waals surface area (Å²) < 4.78 is 16.2. The van der Waals surface area contributed by atoms with Crippen LogP contribution in [-0.4, -0.2) is 26.9 Å². The van der Waals surface area contributed by atoms with Gasteiger partial charge < -0.3 is 19.9 Å². The van der Waals surface area contributed by atoms with Crippen molar-refractivity contribution in [3.05, 3.63) is 23.8 Å². The molecule has 0 radical (unpaired) electrons. The third-order valence-electron chi connectivity index (χ3n) is 2.62. The van der Waals surface area contributed by atoms with Crippen LogP contribution in [0.2, 0.25) is 0 Å². The number of hydrogen-bond acceptors (Lipinski definition) is 4. The van der Waals surface area contributed by atoms with E-state index >= 15 is 0 Å². The fourth-order valence-electron chi connectivity index (χ4n) is 1.54. The van der Waals surface area contributed by atoms with E-state index in [0.29, 0.717) is 19.8 Å². The van der Waals surface area contributed by atoms with Crippen molar-refractivity contribution >= 4 is 0 Å². The summed E-state index contributed by atoms with van der Waals surface area (Å²) in [5, 5.41) is 0. The molecular weight excluding hydrogens is 230 g/mol. The highest BCUT2D eigenvalue weighted by molar-refractivity contribution is 5.40. The Hall–Kier alpha value is -1.26. The molecule has 4 heteroatoms. The topological polar surface area (TPSA) is 53.7 Å². The van der Waals surface area contributed by atoms with Crippen LogP contribution in [0, 0.1) is 0 Å². The second-order valence-electron chi connectivity index (χ2n) is 3.99. The van der Waals surface area contributed by atoms with Gasteiger partial charge in [0.05, 0.1) is 13.7 Å². The number of unbranched alkanes of at least 4 members (excludes halogenated alkanes) is 1. The normalized spacial score (nSPS) is 10.4. The van der Waals surface area contributed by atoms with Crippen molar-refractivity contribution in [2.24, 2.45) is 5.73 Å². The van der Waals surface area contributed by atoms with Gasteiger partial charge in [0.1, 0.15) is 18.1 Å². The average Bonchev–Trinajstić information content (AvgIpc) is 2.42. The van der Waals surface area contributed by atoms with Gasteiger partial charge in [-0.1, -0.05) is 13.3 Å². The molecule has 2 N–H and O–H groups in total. The lowest BCUT2D eigenvalue weighted by Gasteiger charge is -2.12. The Labute approximate surface area is 109 Å². The largest absolute Gasteiger partial charge is 0.497 e. The fourth-order valence-corrected chi connectivity index (χ4v) is 1.54. The summed E-state index contributed by atoms with van der Waals surface area (Å²) in [5.74, 6) is 1.60. The molecule has 0 fully saturated rings. The molecular formula is C14H23NO3. The molecule has 18 heavy (non-hydrogen) atoms. The summed E-state index contributed by atoms with van der Waals surface area (Å²) >= 11 is 0. The van der Waals surface area contributed by atoms with Crippen LogP contribution in [0.5, 0.6) is 11.5 Å². The Morgan fingerprint density at radius 1 is 1.17 bits per heavy atom. The number of ether oxygens (including phenoxy) is 3. The van der Waals surface area contributed by atoms with Crippen LogP contribution in [0.1, 0.15) is 25.3 Å². The maximum absolute atomic E-state index is 5.68. The minimum Gasteiger partial charge on any atom is -0.497 e. The Morgan fingerprint density at radius 2 is 2.00 bits per heavy atom. The van der Waals surface area contributed by atoms with E-state index in [1.165, 1.54) is 0 Å². The smallest absolute Gasteiger partial charge is 0.124 e. The maximum atomic E-state index is 5.68. The lowest BCUT2D eigenvalue weighted by molar-refractivity contribution is 0.0977. The van der Waals surface area contributed by atoms with Gasteiger partial charge in [0.25, 0.3) is 0 Å². The summed E-state index contributed by atoms with van der Waals surface area (Å²) in [6, 6.07) is 5.65. The standard InChI is InChI=1S/C14H23NO3/c1-3-4-7-17-8-9-18-14-6-5-13(16-2)10-12(14)11-15/h5-6,10H,3-4,7-9,11,15H2,1-2H3. The van der Waals surface area contributed by atoms with Crippen molar-refractivity contribution in [1.82, 2.24) is 0 Å². The van der Waals surface area contributed by atoms with Crippen LogP contribution >= 0.6 is 0 Å². The zero-order chi connectivity index (χ0) is 13.2. The van der Waals surface area contributed by atoms with E-state index in [4.69, 9.17) is 19.9 Å². The summed E-state index contributed by atoms with van der Waals surface area (Å²) in [5.41, 5.74) is 6.62. The van der Waals surface area contributed by atoms with Gasteiger partial charge in [0.2, 0.25) is 0 Å². The molecule has 1 rings (SSSR count). The minimum absolute atomic E-state index is 0.434. The van der Waals surface area contributed by atoms with E-state index in [1.807, 2.05) is 18.2 Å². The van der Waals surface area contributed by atoms with Crippen molar-refractivity contribution in [3.8, 4) is 11.5 Å². The van der Waals surface area contributed by atoms with Gasteiger partial charge in [-0.15, -0.1) is 0 Å². The number of methoxy groups -OCH3 is 1. The summed E-state index contributed by atoms with van der Waals surface area (Å²) in [4.78, 5) is 0. The van der Waals surface area contributed by atoms with Gasteiger partial charge in [0.15, 0.2) is 0 Å². The molecule has 102 valence electrons. The second kappa shape index (κ2) is 8.78. The second-order valence-corrected chi connectivity index (χ2v) is 3.99. The Morgan fingerprint density at radius 3 is 2.67 bits per heavy atom. The van der Waals surface area contributed by atoms with E-state index in [0.717, 1.165) is 36.5 Å². The average molecular weight is 253 g/mol. The molecule has 1 aromatic rings. The van der Waals surface area contributed by atoms with Crippen LogP contribution in [0.25, 0.3) is 0 Å². The maximum Gasteiger partial charge on any atom is 0.124 e. The number of rotatable bonds is 9. The predicted octanol–water partition coefficient (Wildman–Crippen LogP) is 2.35. The molecule has 0 amide bonds. The zero-order valence-corrected chi connectivity index (χ0v) is 11.3. The van der Waals surface area contributed by atoms with Gasteiger partial charge in [-0.3, -0.25) is 0 Å². The monoisotopic (exact) mass is 253 g/mol. The summed E-state index contributed by atoms with van der Waals surface area (Å²) in [6.45, 7) is 4.53. The third-order valence-corrected chi connectivity index (χ3v) is 2.62. The first kappa shape index (κ1) is 14.8. The molecule has 1 aromatic carbocycles. The molecule has 0 atom stereocenters. The summed E-state index contributed by atoms with van der Waals surface area (Å²) in [7, 11) is 1.64. The molecule has 0 aromatic heterocycles. The molecule has 0 aliphatic heterocycles. The van der Waals surface area contributed by atoms with E-state index in [2.05, 4.69) is 6.92 Å². The SMILES string of the molecule is CCCCOCCOc1ccc(OC)cc1CN. The predicted molar refractivity (Wildman–Crippen MR) is 72.1 cm³/mol. The van der Waals surface area contributed by atoms with Crippen molar-refractivity contribution in [1.29, 1.82) is 0 Å². The van der Waals surface area contributed by atoms with E-state index < -0.39 is 0 Å². The van der Waals surface area contributed by atoms with Gasteiger partial charge in [-0.25, -0.2) is 0 Å².